The molecule has 0 bridgehead atoms. The summed E-state index contributed by atoms with van der Waals surface area (Å²) in [5.74, 6) is 2.03. The zero-order chi connectivity index (χ0) is 12.5. The fourth-order valence-corrected chi connectivity index (χ4v) is 3.29. The van der Waals surface area contributed by atoms with Crippen LogP contribution in [0.25, 0.3) is 0 Å². The molecule has 3 heteroatoms. The lowest BCUT2D eigenvalue weighted by Crippen LogP contribution is -2.50. The average Bonchev–Trinajstić information content (AvgIpc) is 3.22. The molecular weight excluding hydrogens is 224 g/mol. The van der Waals surface area contributed by atoms with Gasteiger partial charge in [0.1, 0.15) is 0 Å². The molecule has 18 heavy (non-hydrogen) atoms. The molecule has 0 spiro atoms. The number of nitrogens with zero attached hydrogens (tertiary/aromatic N) is 1. The van der Waals surface area contributed by atoms with Gasteiger partial charge in [0.2, 0.25) is 0 Å². The third-order valence-electron chi connectivity index (χ3n) is 4.78. The van der Waals surface area contributed by atoms with Gasteiger partial charge in [0, 0.05) is 31.7 Å². The first kappa shape index (κ1) is 12.9. The number of morpholine rings is 1. The first-order valence-electron chi connectivity index (χ1n) is 7.83. The Morgan fingerprint density at radius 3 is 2.44 bits per heavy atom. The third-order valence-corrected chi connectivity index (χ3v) is 4.78. The van der Waals surface area contributed by atoms with Gasteiger partial charge in [-0.1, -0.05) is 0 Å². The summed E-state index contributed by atoms with van der Waals surface area (Å²) >= 11 is 0. The van der Waals surface area contributed by atoms with Gasteiger partial charge in [-0.25, -0.2) is 0 Å². The zero-order valence-electron chi connectivity index (χ0n) is 11.9. The van der Waals surface area contributed by atoms with Crippen molar-refractivity contribution in [2.75, 3.05) is 26.2 Å². The van der Waals surface area contributed by atoms with Gasteiger partial charge in [0.25, 0.3) is 0 Å². The van der Waals surface area contributed by atoms with Crippen molar-refractivity contribution in [3.63, 3.8) is 0 Å². The van der Waals surface area contributed by atoms with Crippen LogP contribution in [0.1, 0.15) is 39.5 Å². The predicted molar refractivity (Wildman–Crippen MR) is 73.7 cm³/mol. The van der Waals surface area contributed by atoms with Crippen molar-refractivity contribution in [3.8, 4) is 0 Å². The van der Waals surface area contributed by atoms with E-state index in [1.807, 2.05) is 0 Å². The molecule has 3 nitrogen and oxygen atoms in total. The fourth-order valence-electron chi connectivity index (χ4n) is 3.29. The van der Waals surface area contributed by atoms with E-state index in [0.29, 0.717) is 12.1 Å². The van der Waals surface area contributed by atoms with Gasteiger partial charge >= 0.3 is 0 Å². The normalized spacial score (nSPS) is 34.2. The van der Waals surface area contributed by atoms with Crippen LogP contribution in [-0.2, 0) is 4.74 Å². The molecule has 2 aliphatic carbocycles. The molecule has 3 aliphatic rings. The molecule has 2 atom stereocenters. The standard InChI is InChI=1S/C15H28N2O/c1-11-10-18-12(2)9-17(11)8-7-16-15(13-3-4-13)14-5-6-14/h11-16H,3-10H2,1-2H3. The lowest BCUT2D eigenvalue weighted by molar-refractivity contribution is -0.0488. The highest BCUT2D eigenvalue weighted by Crippen LogP contribution is 2.44. The molecule has 3 fully saturated rings. The van der Waals surface area contributed by atoms with Crippen LogP contribution in [0.4, 0.5) is 0 Å². The molecule has 2 unspecified atom stereocenters. The highest BCUT2D eigenvalue weighted by atomic mass is 16.5. The van der Waals surface area contributed by atoms with Crippen LogP contribution in [0.15, 0.2) is 0 Å². The van der Waals surface area contributed by atoms with Crippen molar-refractivity contribution in [2.24, 2.45) is 11.8 Å². The predicted octanol–water partition coefficient (Wildman–Crippen LogP) is 1.87. The summed E-state index contributed by atoms with van der Waals surface area (Å²) < 4.78 is 5.68. The van der Waals surface area contributed by atoms with Crippen molar-refractivity contribution in [3.05, 3.63) is 0 Å². The third kappa shape index (κ3) is 3.25. The van der Waals surface area contributed by atoms with Gasteiger partial charge in [-0.15, -0.1) is 0 Å². The van der Waals surface area contributed by atoms with Gasteiger partial charge in [-0.3, -0.25) is 4.90 Å². The molecule has 1 saturated heterocycles. The summed E-state index contributed by atoms with van der Waals surface area (Å²) in [6.07, 6.45) is 6.29. The number of hydrogen-bond acceptors (Lipinski definition) is 3. The SMILES string of the molecule is CC1CN(CCNC(C2CC2)C2CC2)C(C)CO1. The van der Waals surface area contributed by atoms with Crippen LogP contribution in [0.5, 0.6) is 0 Å². The van der Waals surface area contributed by atoms with Gasteiger partial charge in [-0.05, 0) is 51.4 Å². The summed E-state index contributed by atoms with van der Waals surface area (Å²) in [4.78, 5) is 2.58. The Morgan fingerprint density at radius 2 is 1.83 bits per heavy atom. The summed E-state index contributed by atoms with van der Waals surface area (Å²) in [6.45, 7) is 8.81. The minimum absolute atomic E-state index is 0.406. The van der Waals surface area contributed by atoms with Crippen LogP contribution in [0, 0.1) is 11.8 Å². The van der Waals surface area contributed by atoms with Crippen LogP contribution in [-0.4, -0.2) is 49.3 Å². The van der Waals surface area contributed by atoms with E-state index < -0.39 is 0 Å². The number of rotatable bonds is 6. The van der Waals surface area contributed by atoms with E-state index in [1.165, 1.54) is 32.2 Å². The molecule has 0 aromatic heterocycles. The molecule has 3 rings (SSSR count). The van der Waals surface area contributed by atoms with Crippen molar-refractivity contribution < 1.29 is 4.74 Å². The molecule has 0 aromatic rings. The zero-order valence-corrected chi connectivity index (χ0v) is 11.9. The maximum absolute atomic E-state index is 5.68. The Morgan fingerprint density at radius 1 is 1.17 bits per heavy atom. The second-order valence-electron chi connectivity index (χ2n) is 6.64. The Balaban J connectivity index is 1.40. The molecule has 0 amide bonds. The Hall–Kier alpha value is -0.120. The molecule has 104 valence electrons. The van der Waals surface area contributed by atoms with Crippen LogP contribution < -0.4 is 5.32 Å². The fraction of sp³-hybridized carbons (Fsp3) is 1.00. The second kappa shape index (κ2) is 5.48. The second-order valence-corrected chi connectivity index (χ2v) is 6.64. The molecule has 0 radical (unpaired) electrons. The summed E-state index contributed by atoms with van der Waals surface area (Å²) in [5, 5.41) is 3.84. The first-order chi connectivity index (χ1) is 8.74. The topological polar surface area (TPSA) is 24.5 Å². The van der Waals surface area contributed by atoms with Crippen molar-refractivity contribution in [2.45, 2.75) is 57.7 Å². The van der Waals surface area contributed by atoms with Crippen LogP contribution >= 0.6 is 0 Å². The van der Waals surface area contributed by atoms with E-state index in [0.717, 1.165) is 37.6 Å². The Bertz CT molecular complexity index is 264. The Labute approximate surface area is 111 Å². The first-order valence-corrected chi connectivity index (χ1v) is 7.83. The van der Waals surface area contributed by atoms with E-state index in [-0.39, 0.29) is 0 Å². The highest BCUT2D eigenvalue weighted by Gasteiger charge is 2.41. The lowest BCUT2D eigenvalue weighted by atomic mass is 10.1. The lowest BCUT2D eigenvalue weighted by Gasteiger charge is -2.37. The van der Waals surface area contributed by atoms with Gasteiger partial charge in [-0.2, -0.15) is 0 Å². The number of hydrogen-bond donors (Lipinski definition) is 1. The maximum atomic E-state index is 5.68. The molecular formula is C15H28N2O. The van der Waals surface area contributed by atoms with Crippen molar-refractivity contribution in [1.29, 1.82) is 0 Å². The van der Waals surface area contributed by atoms with E-state index in [9.17, 15) is 0 Å². The van der Waals surface area contributed by atoms with Crippen molar-refractivity contribution >= 4 is 0 Å². The Kier molecular flexibility index (Phi) is 3.92. The molecule has 1 aliphatic heterocycles. The van der Waals surface area contributed by atoms with Crippen LogP contribution in [0.2, 0.25) is 0 Å². The average molecular weight is 252 g/mol. The molecule has 1 heterocycles. The van der Waals surface area contributed by atoms with E-state index in [2.05, 4.69) is 24.1 Å². The largest absolute Gasteiger partial charge is 0.376 e. The van der Waals surface area contributed by atoms with Crippen molar-refractivity contribution in [1.82, 2.24) is 10.2 Å². The molecule has 1 N–H and O–H groups in total. The quantitative estimate of drug-likeness (QED) is 0.781. The summed E-state index contributed by atoms with van der Waals surface area (Å²) in [5.41, 5.74) is 0. The minimum Gasteiger partial charge on any atom is -0.376 e. The molecule has 2 saturated carbocycles. The van der Waals surface area contributed by atoms with Gasteiger partial charge in [0.05, 0.1) is 12.7 Å². The van der Waals surface area contributed by atoms with Gasteiger partial charge in [0.15, 0.2) is 0 Å². The van der Waals surface area contributed by atoms with E-state index >= 15 is 0 Å². The van der Waals surface area contributed by atoms with Crippen LogP contribution in [0.3, 0.4) is 0 Å². The van der Waals surface area contributed by atoms with E-state index in [4.69, 9.17) is 4.74 Å². The minimum atomic E-state index is 0.406. The van der Waals surface area contributed by atoms with E-state index in [1.54, 1.807) is 0 Å². The smallest absolute Gasteiger partial charge is 0.0674 e. The number of nitrogens with one attached hydrogen (secondary N) is 1. The van der Waals surface area contributed by atoms with Gasteiger partial charge < -0.3 is 10.1 Å². The highest BCUT2D eigenvalue weighted by molar-refractivity contribution is 4.96. The maximum Gasteiger partial charge on any atom is 0.0674 e. The summed E-state index contributed by atoms with van der Waals surface area (Å²) in [7, 11) is 0. The number of ether oxygens (including phenoxy) is 1. The summed E-state index contributed by atoms with van der Waals surface area (Å²) in [6, 6.07) is 1.43. The molecule has 0 aromatic carbocycles. The monoisotopic (exact) mass is 252 g/mol.